The number of carboxylic acid groups (broad SMARTS) is 1. The maximum Gasteiger partial charge on any atom is 0.329 e. The monoisotopic (exact) mass is 419 g/mol. The van der Waals surface area contributed by atoms with E-state index in [1.54, 1.807) is 0 Å². The van der Waals surface area contributed by atoms with Crippen LogP contribution in [-0.2, 0) is 30.3 Å². The first kappa shape index (κ1) is 25.4. The average molecular weight is 420 g/mol. The third kappa shape index (κ3) is 8.78. The van der Waals surface area contributed by atoms with Gasteiger partial charge in [0.25, 0.3) is 0 Å². The number of rotatable bonds is 14. The largest absolute Gasteiger partial charge is 0.481 e. The van der Waals surface area contributed by atoms with Crippen molar-refractivity contribution in [3.8, 4) is 0 Å². The lowest BCUT2D eigenvalue weighted by Crippen LogP contribution is -2.48. The van der Waals surface area contributed by atoms with Crippen LogP contribution in [0.3, 0.4) is 0 Å². The highest BCUT2D eigenvalue weighted by Gasteiger charge is 2.35. The molecule has 0 saturated heterocycles. The van der Waals surface area contributed by atoms with Crippen LogP contribution in [0, 0.1) is 17.8 Å². The Morgan fingerprint density at radius 3 is 2.33 bits per heavy atom. The first-order valence-corrected chi connectivity index (χ1v) is 10.1. The number of ether oxygens (including phenoxy) is 2. The average Bonchev–Trinajstić information content (AvgIpc) is 2.70. The van der Waals surface area contributed by atoms with Gasteiger partial charge in [-0.1, -0.05) is 50.3 Å². The summed E-state index contributed by atoms with van der Waals surface area (Å²) in [6, 6.07) is 8.33. The number of hydrogen-bond acceptors (Lipinski definition) is 5. The molecule has 0 aliphatic carbocycles. The summed E-state index contributed by atoms with van der Waals surface area (Å²) >= 11 is 0. The van der Waals surface area contributed by atoms with Gasteiger partial charge in [0.2, 0.25) is 5.91 Å². The molecule has 0 fully saturated rings. The van der Waals surface area contributed by atoms with Crippen molar-refractivity contribution in [1.29, 1.82) is 0 Å². The first-order valence-electron chi connectivity index (χ1n) is 10.1. The smallest absolute Gasteiger partial charge is 0.329 e. The van der Waals surface area contributed by atoms with Gasteiger partial charge in [0, 0.05) is 13.5 Å². The highest BCUT2D eigenvalue weighted by molar-refractivity contribution is 5.89. The Kier molecular flexibility index (Phi) is 11.4. The minimum atomic E-state index is -1.06. The van der Waals surface area contributed by atoms with E-state index in [9.17, 15) is 19.5 Å². The number of hydrogen-bond donors (Lipinski definition) is 2. The second kappa shape index (κ2) is 13.5. The Bertz CT molecular complexity index is 688. The van der Waals surface area contributed by atoms with Crippen LogP contribution in [0.25, 0.3) is 0 Å². The maximum absolute atomic E-state index is 13.1. The third-order valence-electron chi connectivity index (χ3n) is 4.70. The number of methoxy groups -OCH3 is 1. The fourth-order valence-electron chi connectivity index (χ4n) is 3.23. The van der Waals surface area contributed by atoms with Gasteiger partial charge in [-0.25, -0.2) is 4.79 Å². The molecule has 1 aromatic carbocycles. The molecule has 1 amide bonds. The standard InChI is InChI=1S/C23H33NO6/c1-5-9-18(22(26)27)19(14-16(2)3)21(25)24-20(23(28)30-13-12-29-4)15-17-10-7-6-8-11-17/h5-8,10-11,16,18-20H,1,9,12-15H2,2-4H3,(H,24,25)(H,26,27)/t18-,19+,20-/m0/s1. The van der Waals surface area contributed by atoms with Crippen LogP contribution in [0.15, 0.2) is 43.0 Å². The van der Waals surface area contributed by atoms with E-state index in [0.29, 0.717) is 6.42 Å². The number of amides is 1. The van der Waals surface area contributed by atoms with E-state index in [1.807, 2.05) is 44.2 Å². The molecule has 0 radical (unpaired) electrons. The minimum Gasteiger partial charge on any atom is -0.481 e. The number of nitrogens with one attached hydrogen (secondary N) is 1. The SMILES string of the molecule is C=CC[C@H](C(=O)O)[C@@H](CC(C)C)C(=O)N[C@@H](Cc1ccccc1)C(=O)OCCOC. The third-order valence-corrected chi connectivity index (χ3v) is 4.70. The zero-order valence-corrected chi connectivity index (χ0v) is 18.0. The number of carboxylic acids is 1. The zero-order chi connectivity index (χ0) is 22.5. The fourth-order valence-corrected chi connectivity index (χ4v) is 3.23. The van der Waals surface area contributed by atoms with E-state index >= 15 is 0 Å². The molecule has 1 rings (SSSR count). The second-order valence-electron chi connectivity index (χ2n) is 7.62. The second-order valence-corrected chi connectivity index (χ2v) is 7.62. The topological polar surface area (TPSA) is 102 Å². The van der Waals surface area contributed by atoms with E-state index in [2.05, 4.69) is 11.9 Å². The summed E-state index contributed by atoms with van der Waals surface area (Å²) in [6.07, 6.45) is 2.29. The molecule has 166 valence electrons. The predicted octanol–water partition coefficient (Wildman–Crippen LogP) is 2.84. The number of allylic oxidation sites excluding steroid dienone is 1. The molecule has 0 unspecified atom stereocenters. The molecule has 0 aliphatic rings. The van der Waals surface area contributed by atoms with Gasteiger partial charge in [-0.3, -0.25) is 9.59 Å². The number of aliphatic carboxylic acids is 1. The molecule has 0 bridgehead atoms. The van der Waals surface area contributed by atoms with E-state index < -0.39 is 35.7 Å². The molecule has 0 saturated carbocycles. The van der Waals surface area contributed by atoms with E-state index in [-0.39, 0.29) is 32.0 Å². The van der Waals surface area contributed by atoms with Gasteiger partial charge in [-0.2, -0.15) is 0 Å². The summed E-state index contributed by atoms with van der Waals surface area (Å²) in [5.74, 6) is -3.70. The zero-order valence-electron chi connectivity index (χ0n) is 18.0. The van der Waals surface area contributed by atoms with Gasteiger partial charge < -0.3 is 19.9 Å². The lowest BCUT2D eigenvalue weighted by molar-refractivity contribution is -0.151. The molecule has 0 heterocycles. The van der Waals surface area contributed by atoms with Crippen LogP contribution in [0.2, 0.25) is 0 Å². The van der Waals surface area contributed by atoms with Gasteiger partial charge in [0.05, 0.1) is 18.4 Å². The predicted molar refractivity (Wildman–Crippen MR) is 114 cm³/mol. The quantitative estimate of drug-likeness (QED) is 0.273. The van der Waals surface area contributed by atoms with Crippen LogP contribution in [0.5, 0.6) is 0 Å². The van der Waals surface area contributed by atoms with Crippen LogP contribution < -0.4 is 5.32 Å². The van der Waals surface area contributed by atoms with E-state index in [4.69, 9.17) is 9.47 Å². The van der Waals surface area contributed by atoms with Crippen LogP contribution in [-0.4, -0.2) is 49.3 Å². The Morgan fingerprint density at radius 2 is 1.80 bits per heavy atom. The molecule has 0 aliphatic heterocycles. The molecule has 30 heavy (non-hydrogen) atoms. The van der Waals surface area contributed by atoms with Crippen molar-refractivity contribution >= 4 is 17.8 Å². The molecule has 0 aromatic heterocycles. The fraction of sp³-hybridized carbons (Fsp3) is 0.522. The van der Waals surface area contributed by atoms with Crippen molar-refractivity contribution in [2.24, 2.45) is 17.8 Å². The lowest BCUT2D eigenvalue weighted by Gasteiger charge is -2.26. The molecular weight excluding hydrogens is 386 g/mol. The molecule has 7 heteroatoms. The number of carbonyl (C=O) groups is 3. The van der Waals surface area contributed by atoms with Gasteiger partial charge in [-0.05, 0) is 24.3 Å². The summed E-state index contributed by atoms with van der Waals surface area (Å²) in [7, 11) is 1.50. The van der Waals surface area contributed by atoms with Crippen molar-refractivity contribution in [2.75, 3.05) is 20.3 Å². The molecule has 0 spiro atoms. The highest BCUT2D eigenvalue weighted by atomic mass is 16.6. The van der Waals surface area contributed by atoms with Gasteiger partial charge >= 0.3 is 11.9 Å². The maximum atomic E-state index is 13.1. The molecule has 2 N–H and O–H groups in total. The van der Waals surface area contributed by atoms with Gasteiger partial charge in [0.1, 0.15) is 12.6 Å². The Morgan fingerprint density at radius 1 is 1.13 bits per heavy atom. The van der Waals surface area contributed by atoms with Crippen molar-refractivity contribution in [1.82, 2.24) is 5.32 Å². The summed E-state index contributed by atoms with van der Waals surface area (Å²) in [5, 5.41) is 12.4. The molecule has 7 nitrogen and oxygen atoms in total. The van der Waals surface area contributed by atoms with E-state index in [0.717, 1.165) is 5.56 Å². The number of benzene rings is 1. The van der Waals surface area contributed by atoms with Crippen molar-refractivity contribution in [3.63, 3.8) is 0 Å². The van der Waals surface area contributed by atoms with E-state index in [1.165, 1.54) is 13.2 Å². The van der Waals surface area contributed by atoms with Crippen molar-refractivity contribution in [2.45, 2.75) is 39.2 Å². The Balaban J connectivity index is 3.05. The Labute approximate surface area is 178 Å². The summed E-state index contributed by atoms with van der Waals surface area (Å²) in [4.78, 5) is 37.5. The lowest BCUT2D eigenvalue weighted by atomic mass is 9.82. The van der Waals surface area contributed by atoms with Gasteiger partial charge in [0.15, 0.2) is 0 Å². The highest BCUT2D eigenvalue weighted by Crippen LogP contribution is 2.25. The van der Waals surface area contributed by atoms with Crippen LogP contribution in [0.1, 0.15) is 32.3 Å². The number of esters is 1. The minimum absolute atomic E-state index is 0.0696. The first-order chi connectivity index (χ1) is 14.3. The summed E-state index contributed by atoms with van der Waals surface area (Å²) < 4.78 is 10.1. The van der Waals surface area contributed by atoms with Crippen LogP contribution >= 0.6 is 0 Å². The van der Waals surface area contributed by atoms with Gasteiger partial charge in [-0.15, -0.1) is 6.58 Å². The normalized spacial score (nSPS) is 13.9. The Hall–Kier alpha value is -2.67. The number of carbonyl (C=O) groups excluding carboxylic acids is 2. The molecule has 1 aromatic rings. The summed E-state index contributed by atoms with van der Waals surface area (Å²) in [6.45, 7) is 7.77. The van der Waals surface area contributed by atoms with Crippen molar-refractivity contribution < 1.29 is 29.0 Å². The van der Waals surface area contributed by atoms with Crippen molar-refractivity contribution in [3.05, 3.63) is 48.6 Å². The summed E-state index contributed by atoms with van der Waals surface area (Å²) in [5.41, 5.74) is 0.854. The molecular formula is C23H33NO6. The molecule has 3 atom stereocenters. The van der Waals surface area contributed by atoms with Crippen LogP contribution in [0.4, 0.5) is 0 Å².